The van der Waals surface area contributed by atoms with E-state index in [9.17, 15) is 4.79 Å². The Labute approximate surface area is 84.3 Å². The van der Waals surface area contributed by atoms with Crippen LogP contribution in [-0.4, -0.2) is 5.91 Å². The van der Waals surface area contributed by atoms with Crippen molar-refractivity contribution in [1.82, 2.24) is 0 Å². The number of nitrogens with one attached hydrogen (secondary N) is 1. The summed E-state index contributed by atoms with van der Waals surface area (Å²) < 4.78 is 0. The Morgan fingerprint density at radius 2 is 1.93 bits per heavy atom. The molecule has 0 spiro atoms. The van der Waals surface area contributed by atoms with Crippen LogP contribution in [0.15, 0.2) is 12.1 Å². The molecular weight excluding hydrogens is 174 g/mol. The Morgan fingerprint density at radius 3 is 2.57 bits per heavy atom. The fourth-order valence-electron chi connectivity index (χ4n) is 2.18. The van der Waals surface area contributed by atoms with E-state index in [1.165, 1.54) is 11.1 Å². The quantitative estimate of drug-likeness (QED) is 0.723. The fraction of sp³-hybridized carbons (Fsp3) is 0.417. The Bertz CT molecular complexity index is 396. The Hall–Kier alpha value is -1.31. The molecule has 0 bridgehead atoms. The second-order valence-corrected chi connectivity index (χ2v) is 3.94. The van der Waals surface area contributed by atoms with Gasteiger partial charge in [-0.05, 0) is 37.0 Å². The first-order valence-electron chi connectivity index (χ1n) is 5.06. The molecule has 2 rings (SSSR count). The van der Waals surface area contributed by atoms with Crippen molar-refractivity contribution in [2.45, 2.75) is 33.1 Å². The molecule has 2 nitrogen and oxygen atoms in total. The maximum absolute atomic E-state index is 11.7. The average molecular weight is 189 g/mol. The number of hydrogen-bond acceptors (Lipinski definition) is 1. The van der Waals surface area contributed by atoms with E-state index in [1.807, 2.05) is 6.92 Å². The van der Waals surface area contributed by atoms with Crippen molar-refractivity contribution in [2.24, 2.45) is 0 Å². The van der Waals surface area contributed by atoms with E-state index in [4.69, 9.17) is 0 Å². The van der Waals surface area contributed by atoms with Gasteiger partial charge in [-0.3, -0.25) is 4.79 Å². The maximum atomic E-state index is 11.7. The van der Waals surface area contributed by atoms with Crippen LogP contribution in [0, 0.1) is 13.8 Å². The van der Waals surface area contributed by atoms with Crippen LogP contribution in [0.1, 0.15) is 36.0 Å². The molecular formula is C12H15NO. The SMILES string of the molecule is CCC1C(=O)Nc2c(C)ccc(C)c21. The molecule has 0 fully saturated rings. The molecule has 1 amide bonds. The molecule has 0 saturated heterocycles. The van der Waals surface area contributed by atoms with E-state index in [-0.39, 0.29) is 11.8 Å². The van der Waals surface area contributed by atoms with Gasteiger partial charge in [0.15, 0.2) is 0 Å². The molecule has 1 aliphatic rings. The Balaban J connectivity index is 2.62. The van der Waals surface area contributed by atoms with Gasteiger partial charge in [0.1, 0.15) is 0 Å². The highest BCUT2D eigenvalue weighted by molar-refractivity contribution is 6.04. The fourth-order valence-corrected chi connectivity index (χ4v) is 2.18. The zero-order valence-electron chi connectivity index (χ0n) is 8.85. The summed E-state index contributed by atoms with van der Waals surface area (Å²) in [5, 5.41) is 2.97. The van der Waals surface area contributed by atoms with Crippen LogP contribution in [-0.2, 0) is 4.79 Å². The van der Waals surface area contributed by atoms with Crippen molar-refractivity contribution in [3.63, 3.8) is 0 Å². The predicted molar refractivity (Wildman–Crippen MR) is 57.6 cm³/mol. The van der Waals surface area contributed by atoms with Gasteiger partial charge in [0.05, 0.1) is 5.92 Å². The first-order chi connectivity index (χ1) is 6.65. The first kappa shape index (κ1) is 9.25. The van der Waals surface area contributed by atoms with Crippen LogP contribution in [0.3, 0.4) is 0 Å². The first-order valence-corrected chi connectivity index (χ1v) is 5.06. The van der Waals surface area contributed by atoms with Crippen LogP contribution >= 0.6 is 0 Å². The smallest absolute Gasteiger partial charge is 0.232 e. The van der Waals surface area contributed by atoms with Crippen molar-refractivity contribution in [1.29, 1.82) is 0 Å². The van der Waals surface area contributed by atoms with E-state index < -0.39 is 0 Å². The van der Waals surface area contributed by atoms with Gasteiger partial charge < -0.3 is 5.32 Å². The molecule has 0 aliphatic carbocycles. The molecule has 14 heavy (non-hydrogen) atoms. The molecule has 1 atom stereocenters. The van der Waals surface area contributed by atoms with Gasteiger partial charge in [-0.2, -0.15) is 0 Å². The second-order valence-electron chi connectivity index (χ2n) is 3.94. The number of carbonyl (C=O) groups is 1. The highest BCUT2D eigenvalue weighted by Gasteiger charge is 2.31. The van der Waals surface area contributed by atoms with E-state index in [0.29, 0.717) is 0 Å². The topological polar surface area (TPSA) is 29.1 Å². The molecule has 0 radical (unpaired) electrons. The summed E-state index contributed by atoms with van der Waals surface area (Å²) in [7, 11) is 0. The number of hydrogen-bond donors (Lipinski definition) is 1. The average Bonchev–Trinajstić information content (AvgIpc) is 2.50. The summed E-state index contributed by atoms with van der Waals surface area (Å²) in [5.74, 6) is 0.213. The second kappa shape index (κ2) is 3.12. The molecule has 0 saturated carbocycles. The Morgan fingerprint density at radius 1 is 1.29 bits per heavy atom. The van der Waals surface area contributed by atoms with Gasteiger partial charge in [-0.1, -0.05) is 19.1 Å². The molecule has 74 valence electrons. The summed E-state index contributed by atoms with van der Waals surface area (Å²) in [4.78, 5) is 11.7. The molecule has 1 aromatic carbocycles. The third kappa shape index (κ3) is 1.14. The molecule has 1 unspecified atom stereocenters. The summed E-state index contributed by atoms with van der Waals surface area (Å²) in [6, 6.07) is 4.16. The zero-order valence-corrected chi connectivity index (χ0v) is 8.85. The molecule has 1 aliphatic heterocycles. The van der Waals surface area contributed by atoms with Gasteiger partial charge in [0.25, 0.3) is 0 Å². The lowest BCUT2D eigenvalue weighted by Crippen LogP contribution is -2.11. The lowest BCUT2D eigenvalue weighted by molar-refractivity contribution is -0.117. The lowest BCUT2D eigenvalue weighted by atomic mass is 9.92. The minimum Gasteiger partial charge on any atom is -0.325 e. The maximum Gasteiger partial charge on any atom is 0.232 e. The minimum absolute atomic E-state index is 0.0601. The Kier molecular flexibility index (Phi) is 2.06. The molecule has 0 aromatic heterocycles. The number of aryl methyl sites for hydroxylation is 2. The van der Waals surface area contributed by atoms with Gasteiger partial charge in [0.2, 0.25) is 5.91 Å². The zero-order chi connectivity index (χ0) is 10.3. The van der Waals surface area contributed by atoms with E-state index >= 15 is 0 Å². The number of rotatable bonds is 1. The number of fused-ring (bicyclic) bond motifs is 1. The van der Waals surface area contributed by atoms with Crippen LogP contribution in [0.4, 0.5) is 5.69 Å². The van der Waals surface area contributed by atoms with Crippen molar-refractivity contribution >= 4 is 11.6 Å². The van der Waals surface area contributed by atoms with Gasteiger partial charge in [-0.25, -0.2) is 0 Å². The van der Waals surface area contributed by atoms with Crippen LogP contribution in [0.25, 0.3) is 0 Å². The highest BCUT2D eigenvalue weighted by atomic mass is 16.2. The third-order valence-corrected chi connectivity index (χ3v) is 2.99. The van der Waals surface area contributed by atoms with Gasteiger partial charge in [0, 0.05) is 5.69 Å². The van der Waals surface area contributed by atoms with Crippen LogP contribution in [0.5, 0.6) is 0 Å². The molecule has 1 aromatic rings. The normalized spacial score (nSPS) is 19.4. The van der Waals surface area contributed by atoms with E-state index in [1.54, 1.807) is 0 Å². The highest BCUT2D eigenvalue weighted by Crippen LogP contribution is 2.38. The number of benzene rings is 1. The predicted octanol–water partition coefficient (Wildman–Crippen LogP) is 2.75. The van der Waals surface area contributed by atoms with Gasteiger partial charge >= 0.3 is 0 Å². The minimum atomic E-state index is 0.0601. The summed E-state index contributed by atoms with van der Waals surface area (Å²) in [6.45, 7) is 6.17. The molecule has 1 heterocycles. The molecule has 2 heteroatoms. The summed E-state index contributed by atoms with van der Waals surface area (Å²) in [6.07, 6.45) is 0.878. The van der Waals surface area contributed by atoms with Crippen molar-refractivity contribution in [3.8, 4) is 0 Å². The standard InChI is InChI=1S/C12H15NO/c1-4-9-10-7(2)5-6-8(3)11(10)13-12(9)14/h5-6,9H,4H2,1-3H3,(H,13,14). The van der Waals surface area contributed by atoms with Crippen LogP contribution in [0.2, 0.25) is 0 Å². The van der Waals surface area contributed by atoms with Crippen molar-refractivity contribution in [2.75, 3.05) is 5.32 Å². The largest absolute Gasteiger partial charge is 0.325 e. The summed E-state index contributed by atoms with van der Waals surface area (Å²) in [5.41, 5.74) is 4.63. The molecule has 1 N–H and O–H groups in total. The lowest BCUT2D eigenvalue weighted by Gasteiger charge is -2.09. The van der Waals surface area contributed by atoms with E-state index in [2.05, 4.69) is 31.3 Å². The van der Waals surface area contributed by atoms with Crippen molar-refractivity contribution in [3.05, 3.63) is 28.8 Å². The van der Waals surface area contributed by atoms with E-state index in [0.717, 1.165) is 17.7 Å². The van der Waals surface area contributed by atoms with Crippen molar-refractivity contribution < 1.29 is 4.79 Å². The third-order valence-electron chi connectivity index (χ3n) is 2.99. The summed E-state index contributed by atoms with van der Waals surface area (Å²) >= 11 is 0. The number of carbonyl (C=O) groups excluding carboxylic acids is 1. The monoisotopic (exact) mass is 189 g/mol. The number of amides is 1. The van der Waals surface area contributed by atoms with Crippen LogP contribution < -0.4 is 5.32 Å². The number of anilines is 1. The van der Waals surface area contributed by atoms with Gasteiger partial charge in [-0.15, -0.1) is 0 Å².